The molecule has 1 saturated carbocycles. The Kier molecular flexibility index (Phi) is 3.08. The van der Waals surface area contributed by atoms with Gasteiger partial charge in [0.2, 0.25) is 0 Å². The zero-order valence-corrected chi connectivity index (χ0v) is 10.2. The van der Waals surface area contributed by atoms with Gasteiger partial charge in [-0.2, -0.15) is 0 Å². The topological polar surface area (TPSA) is 20.2 Å². The molecule has 82 valence electrons. The van der Waals surface area contributed by atoms with Crippen LogP contribution in [-0.2, 0) is 0 Å². The Morgan fingerprint density at radius 1 is 1.27 bits per heavy atom. The van der Waals surface area contributed by atoms with Crippen LogP contribution in [-0.4, -0.2) is 16.5 Å². The van der Waals surface area contributed by atoms with Crippen LogP contribution >= 0.6 is 11.8 Å². The summed E-state index contributed by atoms with van der Waals surface area (Å²) in [5.41, 5.74) is 1.38. The van der Waals surface area contributed by atoms with Crippen molar-refractivity contribution in [2.45, 2.75) is 42.2 Å². The average Bonchev–Trinajstić information content (AvgIpc) is 2.99. The Morgan fingerprint density at radius 3 is 2.27 bits per heavy atom. The summed E-state index contributed by atoms with van der Waals surface area (Å²) < 4.78 is 0.152. The molecule has 2 heteroatoms. The van der Waals surface area contributed by atoms with E-state index >= 15 is 0 Å². The van der Waals surface area contributed by atoms with E-state index in [1.165, 1.54) is 10.5 Å². The van der Waals surface area contributed by atoms with Gasteiger partial charge in [0.1, 0.15) is 0 Å². The standard InChI is InChI=1S/C13H18OS/c1-10(2)11-3-5-12(6-4-11)15-13(9-14)7-8-13/h3-6,10,14H,7-9H2,1-2H3. The van der Waals surface area contributed by atoms with E-state index in [2.05, 4.69) is 38.1 Å². The minimum atomic E-state index is 0.152. The van der Waals surface area contributed by atoms with Crippen LogP contribution in [0.5, 0.6) is 0 Å². The molecule has 0 saturated heterocycles. The van der Waals surface area contributed by atoms with Gasteiger partial charge in [0.05, 0.1) is 6.61 Å². The van der Waals surface area contributed by atoms with Gasteiger partial charge in [-0.25, -0.2) is 0 Å². The summed E-state index contributed by atoms with van der Waals surface area (Å²) in [6.07, 6.45) is 2.31. The van der Waals surface area contributed by atoms with Crippen LogP contribution in [0.25, 0.3) is 0 Å². The first-order valence-corrected chi connectivity index (χ1v) is 6.37. The Labute approximate surface area is 95.9 Å². The van der Waals surface area contributed by atoms with E-state index in [1.807, 2.05) is 11.8 Å². The molecule has 0 aliphatic heterocycles. The largest absolute Gasteiger partial charge is 0.395 e. The highest BCUT2D eigenvalue weighted by molar-refractivity contribution is 8.01. The van der Waals surface area contributed by atoms with Crippen LogP contribution in [0.2, 0.25) is 0 Å². The van der Waals surface area contributed by atoms with Crippen LogP contribution in [0.15, 0.2) is 29.2 Å². The summed E-state index contributed by atoms with van der Waals surface area (Å²) in [6.45, 7) is 4.72. The molecule has 0 bridgehead atoms. The predicted octanol–water partition coefficient (Wildman–Crippen LogP) is 3.43. The fourth-order valence-corrected chi connectivity index (χ4v) is 2.75. The van der Waals surface area contributed by atoms with Crippen molar-refractivity contribution in [3.63, 3.8) is 0 Å². The molecule has 0 radical (unpaired) electrons. The van der Waals surface area contributed by atoms with Crippen molar-refractivity contribution >= 4 is 11.8 Å². The summed E-state index contributed by atoms with van der Waals surface area (Å²) in [6, 6.07) is 8.74. The summed E-state index contributed by atoms with van der Waals surface area (Å²) >= 11 is 1.83. The van der Waals surface area contributed by atoms with E-state index in [9.17, 15) is 5.11 Å². The summed E-state index contributed by atoms with van der Waals surface area (Å²) in [5.74, 6) is 0.594. The van der Waals surface area contributed by atoms with Crippen LogP contribution in [0.3, 0.4) is 0 Å². The third-order valence-corrected chi connectivity index (χ3v) is 4.46. The normalized spacial score (nSPS) is 18.1. The maximum Gasteiger partial charge on any atom is 0.0581 e. The molecule has 1 N–H and O–H groups in total. The Balaban J connectivity index is 2.04. The predicted molar refractivity (Wildman–Crippen MR) is 65.4 cm³/mol. The maximum absolute atomic E-state index is 9.24. The molecule has 2 rings (SSSR count). The molecule has 1 aliphatic rings. The minimum absolute atomic E-state index is 0.152. The van der Waals surface area contributed by atoms with Crippen molar-refractivity contribution in [1.29, 1.82) is 0 Å². The van der Waals surface area contributed by atoms with Gasteiger partial charge in [-0.3, -0.25) is 0 Å². The molecule has 15 heavy (non-hydrogen) atoms. The smallest absolute Gasteiger partial charge is 0.0581 e. The van der Waals surface area contributed by atoms with Gasteiger partial charge in [0.25, 0.3) is 0 Å². The van der Waals surface area contributed by atoms with E-state index in [4.69, 9.17) is 0 Å². The molecule has 1 aromatic carbocycles. The lowest BCUT2D eigenvalue weighted by Gasteiger charge is -2.12. The minimum Gasteiger partial charge on any atom is -0.395 e. The molecule has 0 heterocycles. The number of hydrogen-bond donors (Lipinski definition) is 1. The average molecular weight is 222 g/mol. The number of aliphatic hydroxyl groups is 1. The van der Waals surface area contributed by atoms with Crippen LogP contribution in [0.1, 0.15) is 38.2 Å². The summed E-state index contributed by atoms with van der Waals surface area (Å²) in [5, 5.41) is 9.24. The highest BCUT2D eigenvalue weighted by Gasteiger charge is 2.43. The molecule has 1 nitrogen and oxygen atoms in total. The Bertz CT molecular complexity index is 325. The van der Waals surface area contributed by atoms with E-state index in [0.717, 1.165) is 12.8 Å². The second kappa shape index (κ2) is 4.18. The van der Waals surface area contributed by atoms with Crippen molar-refractivity contribution in [3.05, 3.63) is 29.8 Å². The number of hydrogen-bond acceptors (Lipinski definition) is 2. The number of thioether (sulfide) groups is 1. The molecule has 1 aliphatic carbocycles. The Morgan fingerprint density at radius 2 is 1.87 bits per heavy atom. The first kappa shape index (κ1) is 11.0. The molecular weight excluding hydrogens is 204 g/mol. The van der Waals surface area contributed by atoms with Gasteiger partial charge in [-0.1, -0.05) is 26.0 Å². The number of aliphatic hydroxyl groups excluding tert-OH is 1. The number of rotatable bonds is 4. The summed E-state index contributed by atoms with van der Waals surface area (Å²) in [4.78, 5) is 1.28. The van der Waals surface area contributed by atoms with E-state index in [1.54, 1.807) is 0 Å². The van der Waals surface area contributed by atoms with Gasteiger partial charge >= 0.3 is 0 Å². The SMILES string of the molecule is CC(C)c1ccc(SC2(CO)CC2)cc1. The van der Waals surface area contributed by atoms with Gasteiger partial charge in [-0.05, 0) is 36.5 Å². The highest BCUT2D eigenvalue weighted by Crippen LogP contribution is 2.51. The lowest BCUT2D eigenvalue weighted by atomic mass is 10.0. The lowest BCUT2D eigenvalue weighted by Crippen LogP contribution is -2.07. The molecule has 0 unspecified atom stereocenters. The fraction of sp³-hybridized carbons (Fsp3) is 0.538. The Hall–Kier alpha value is -0.470. The van der Waals surface area contributed by atoms with Gasteiger partial charge < -0.3 is 5.11 Å². The summed E-state index contributed by atoms with van der Waals surface area (Å²) in [7, 11) is 0. The second-order valence-electron chi connectivity index (χ2n) is 4.67. The molecule has 0 spiro atoms. The van der Waals surface area contributed by atoms with Crippen LogP contribution in [0, 0.1) is 0 Å². The van der Waals surface area contributed by atoms with Crippen molar-refractivity contribution in [3.8, 4) is 0 Å². The van der Waals surface area contributed by atoms with Crippen molar-refractivity contribution in [2.75, 3.05) is 6.61 Å². The molecule has 0 atom stereocenters. The van der Waals surface area contributed by atoms with E-state index in [0.29, 0.717) is 12.5 Å². The van der Waals surface area contributed by atoms with Crippen LogP contribution in [0.4, 0.5) is 0 Å². The van der Waals surface area contributed by atoms with Gasteiger partial charge in [-0.15, -0.1) is 11.8 Å². The molecule has 1 aromatic rings. The molecule has 0 amide bonds. The third-order valence-electron chi connectivity index (χ3n) is 2.98. The molecule has 1 fully saturated rings. The second-order valence-corrected chi connectivity index (χ2v) is 6.21. The maximum atomic E-state index is 9.24. The molecular formula is C13H18OS. The van der Waals surface area contributed by atoms with E-state index < -0.39 is 0 Å². The quantitative estimate of drug-likeness (QED) is 0.842. The first-order chi connectivity index (χ1) is 7.15. The molecule has 0 aromatic heterocycles. The first-order valence-electron chi connectivity index (χ1n) is 5.55. The highest BCUT2D eigenvalue weighted by atomic mass is 32.2. The van der Waals surface area contributed by atoms with Crippen molar-refractivity contribution in [1.82, 2.24) is 0 Å². The zero-order valence-electron chi connectivity index (χ0n) is 9.36. The van der Waals surface area contributed by atoms with Crippen LogP contribution < -0.4 is 0 Å². The van der Waals surface area contributed by atoms with E-state index in [-0.39, 0.29) is 4.75 Å². The lowest BCUT2D eigenvalue weighted by molar-refractivity contribution is 0.289. The van der Waals surface area contributed by atoms with Gasteiger partial charge in [0.15, 0.2) is 0 Å². The zero-order chi connectivity index (χ0) is 10.9. The third kappa shape index (κ3) is 2.56. The monoisotopic (exact) mass is 222 g/mol. The van der Waals surface area contributed by atoms with Crippen molar-refractivity contribution < 1.29 is 5.11 Å². The van der Waals surface area contributed by atoms with Gasteiger partial charge in [0, 0.05) is 9.64 Å². The van der Waals surface area contributed by atoms with Crippen molar-refractivity contribution in [2.24, 2.45) is 0 Å². The fourth-order valence-electron chi connectivity index (χ4n) is 1.60. The number of benzene rings is 1.